The van der Waals surface area contributed by atoms with Crippen LogP contribution in [-0.4, -0.2) is 29.9 Å². The third-order valence-electron chi connectivity index (χ3n) is 3.88. The van der Waals surface area contributed by atoms with Crippen LogP contribution in [0.5, 0.6) is 5.75 Å². The van der Waals surface area contributed by atoms with Gasteiger partial charge in [0, 0.05) is 23.7 Å². The Bertz CT molecular complexity index is 779. The van der Waals surface area contributed by atoms with E-state index in [1.807, 2.05) is 25.1 Å². The van der Waals surface area contributed by atoms with Crippen LogP contribution in [0.2, 0.25) is 5.02 Å². The van der Waals surface area contributed by atoms with Crippen LogP contribution < -0.4 is 4.74 Å². The van der Waals surface area contributed by atoms with Gasteiger partial charge < -0.3 is 9.64 Å². The van der Waals surface area contributed by atoms with Crippen LogP contribution in [-0.2, 0) is 0 Å². The van der Waals surface area contributed by atoms with Crippen LogP contribution in [0.25, 0.3) is 0 Å². The maximum atomic E-state index is 12.7. The van der Waals surface area contributed by atoms with Gasteiger partial charge in [0.05, 0.1) is 18.1 Å². The van der Waals surface area contributed by atoms with Crippen molar-refractivity contribution in [3.8, 4) is 5.75 Å². The molecule has 7 heteroatoms. The van der Waals surface area contributed by atoms with E-state index in [1.165, 1.54) is 23.1 Å². The molecule has 0 aliphatic heterocycles. The van der Waals surface area contributed by atoms with Crippen LogP contribution in [0.15, 0.2) is 42.5 Å². The van der Waals surface area contributed by atoms with Crippen LogP contribution in [0.1, 0.15) is 28.9 Å². The first-order valence-electron chi connectivity index (χ1n) is 7.20. The van der Waals surface area contributed by atoms with E-state index in [4.69, 9.17) is 16.3 Å². The number of carbonyl (C=O) groups is 1. The summed E-state index contributed by atoms with van der Waals surface area (Å²) in [7, 11) is 3.15. The first kappa shape index (κ1) is 17.7. The normalized spacial score (nSPS) is 11.7. The lowest BCUT2D eigenvalue weighted by atomic mass is 10.0. The summed E-state index contributed by atoms with van der Waals surface area (Å²) in [6.45, 7) is 1.83. The maximum absolute atomic E-state index is 12.7. The Labute approximate surface area is 144 Å². The zero-order chi connectivity index (χ0) is 17.9. The molecular formula is C17H17ClN2O4. The molecule has 0 heterocycles. The molecule has 0 spiro atoms. The van der Waals surface area contributed by atoms with Gasteiger partial charge in [-0.05, 0) is 25.1 Å². The molecule has 0 fully saturated rings. The fourth-order valence-electron chi connectivity index (χ4n) is 2.42. The van der Waals surface area contributed by atoms with E-state index in [2.05, 4.69) is 0 Å². The van der Waals surface area contributed by atoms with Crippen molar-refractivity contribution >= 4 is 23.2 Å². The summed E-state index contributed by atoms with van der Waals surface area (Å²) < 4.78 is 5.32. The highest BCUT2D eigenvalue weighted by Crippen LogP contribution is 2.31. The third-order valence-corrected chi connectivity index (χ3v) is 4.11. The number of methoxy groups -OCH3 is 1. The summed E-state index contributed by atoms with van der Waals surface area (Å²) >= 11 is 5.80. The Morgan fingerprint density at radius 2 is 1.96 bits per heavy atom. The zero-order valence-corrected chi connectivity index (χ0v) is 14.3. The van der Waals surface area contributed by atoms with E-state index in [9.17, 15) is 14.9 Å². The summed E-state index contributed by atoms with van der Waals surface area (Å²) in [6, 6.07) is 11.0. The second-order valence-electron chi connectivity index (χ2n) is 5.25. The number of nitro groups is 1. The van der Waals surface area contributed by atoms with Crippen molar-refractivity contribution in [2.24, 2.45) is 0 Å². The lowest BCUT2D eigenvalue weighted by Gasteiger charge is -2.26. The monoisotopic (exact) mass is 348 g/mol. The molecule has 0 saturated carbocycles. The minimum Gasteiger partial charge on any atom is -0.496 e. The molecular weight excluding hydrogens is 332 g/mol. The minimum atomic E-state index is -0.610. The molecule has 1 amide bonds. The molecule has 24 heavy (non-hydrogen) atoms. The number of nitro benzene ring substituents is 1. The summed E-state index contributed by atoms with van der Waals surface area (Å²) in [6.07, 6.45) is 0. The van der Waals surface area contributed by atoms with Crippen LogP contribution in [0.4, 0.5) is 5.69 Å². The SMILES string of the molecule is COc1ccccc1C(C)N(C)C(=O)c1ccc(Cl)cc1[N+](=O)[O-]. The zero-order valence-electron chi connectivity index (χ0n) is 13.5. The molecule has 0 aliphatic carbocycles. The van der Waals surface area contributed by atoms with E-state index in [-0.39, 0.29) is 22.3 Å². The van der Waals surface area contributed by atoms with Gasteiger partial charge in [0.2, 0.25) is 0 Å². The summed E-state index contributed by atoms with van der Waals surface area (Å²) in [5, 5.41) is 11.4. The Morgan fingerprint density at radius 3 is 2.58 bits per heavy atom. The predicted molar refractivity (Wildman–Crippen MR) is 91.6 cm³/mol. The van der Waals surface area contributed by atoms with Crippen LogP contribution in [0, 0.1) is 10.1 Å². The van der Waals surface area contributed by atoms with Gasteiger partial charge in [0.1, 0.15) is 11.3 Å². The number of carbonyl (C=O) groups excluding carboxylic acids is 1. The minimum absolute atomic E-state index is 0.00588. The number of ether oxygens (including phenoxy) is 1. The second-order valence-corrected chi connectivity index (χ2v) is 5.69. The Balaban J connectivity index is 2.38. The van der Waals surface area contributed by atoms with Crippen molar-refractivity contribution in [2.75, 3.05) is 14.2 Å². The Kier molecular flexibility index (Phi) is 5.41. The highest BCUT2D eigenvalue weighted by atomic mass is 35.5. The second kappa shape index (κ2) is 7.31. The fourth-order valence-corrected chi connectivity index (χ4v) is 2.59. The summed E-state index contributed by atoms with van der Waals surface area (Å²) in [5.41, 5.74) is 0.493. The van der Waals surface area contributed by atoms with Gasteiger partial charge in [0.15, 0.2) is 0 Å². The fraction of sp³-hybridized carbons (Fsp3) is 0.235. The quantitative estimate of drug-likeness (QED) is 0.602. The highest BCUT2D eigenvalue weighted by molar-refractivity contribution is 6.31. The van der Waals surface area contributed by atoms with Gasteiger partial charge in [-0.3, -0.25) is 14.9 Å². The molecule has 2 aromatic rings. The van der Waals surface area contributed by atoms with Crippen molar-refractivity contribution in [3.63, 3.8) is 0 Å². The molecule has 0 N–H and O–H groups in total. The lowest BCUT2D eigenvalue weighted by Crippen LogP contribution is -2.30. The average Bonchev–Trinajstić information content (AvgIpc) is 2.59. The predicted octanol–water partition coefficient (Wildman–Crippen LogP) is 4.09. The van der Waals surface area contributed by atoms with E-state index in [0.29, 0.717) is 5.75 Å². The number of rotatable bonds is 5. The number of halogens is 1. The molecule has 0 radical (unpaired) electrons. The van der Waals surface area contributed by atoms with Gasteiger partial charge in [-0.2, -0.15) is 0 Å². The summed E-state index contributed by atoms with van der Waals surface area (Å²) in [4.78, 5) is 24.8. The van der Waals surface area contributed by atoms with Crippen molar-refractivity contribution in [1.82, 2.24) is 4.90 Å². The number of hydrogen-bond acceptors (Lipinski definition) is 4. The molecule has 0 aromatic heterocycles. The molecule has 6 nitrogen and oxygen atoms in total. The van der Waals surface area contributed by atoms with Crippen LogP contribution in [0.3, 0.4) is 0 Å². The molecule has 2 aromatic carbocycles. The Morgan fingerprint density at radius 1 is 1.29 bits per heavy atom. The number of nitrogens with zero attached hydrogens (tertiary/aromatic N) is 2. The largest absolute Gasteiger partial charge is 0.496 e. The molecule has 1 atom stereocenters. The molecule has 0 aliphatic rings. The van der Waals surface area contributed by atoms with E-state index in [1.54, 1.807) is 20.2 Å². The molecule has 0 bridgehead atoms. The molecule has 1 unspecified atom stereocenters. The van der Waals surface area contributed by atoms with Gasteiger partial charge in [-0.1, -0.05) is 29.8 Å². The maximum Gasteiger partial charge on any atom is 0.283 e. The van der Waals surface area contributed by atoms with E-state index < -0.39 is 10.8 Å². The molecule has 126 valence electrons. The number of para-hydroxylation sites is 1. The van der Waals surface area contributed by atoms with Crippen molar-refractivity contribution < 1.29 is 14.5 Å². The first-order chi connectivity index (χ1) is 11.4. The highest BCUT2D eigenvalue weighted by Gasteiger charge is 2.27. The third kappa shape index (κ3) is 3.49. The van der Waals surface area contributed by atoms with E-state index >= 15 is 0 Å². The lowest BCUT2D eigenvalue weighted by molar-refractivity contribution is -0.385. The smallest absolute Gasteiger partial charge is 0.283 e. The van der Waals surface area contributed by atoms with Gasteiger partial charge in [-0.25, -0.2) is 0 Å². The summed E-state index contributed by atoms with van der Waals surface area (Å²) in [5.74, 6) is 0.187. The Hall–Kier alpha value is -2.60. The average molecular weight is 349 g/mol. The van der Waals surface area contributed by atoms with Crippen molar-refractivity contribution in [2.45, 2.75) is 13.0 Å². The van der Waals surface area contributed by atoms with Gasteiger partial charge >= 0.3 is 0 Å². The van der Waals surface area contributed by atoms with Crippen LogP contribution >= 0.6 is 11.6 Å². The van der Waals surface area contributed by atoms with E-state index in [0.717, 1.165) is 5.56 Å². The van der Waals surface area contributed by atoms with Crippen molar-refractivity contribution in [3.05, 3.63) is 68.7 Å². The molecule has 2 rings (SSSR count). The first-order valence-corrected chi connectivity index (χ1v) is 7.58. The number of amides is 1. The van der Waals surface area contributed by atoms with Gasteiger partial charge in [0.25, 0.3) is 11.6 Å². The van der Waals surface area contributed by atoms with Gasteiger partial charge in [-0.15, -0.1) is 0 Å². The molecule has 0 saturated heterocycles. The number of hydrogen-bond donors (Lipinski definition) is 0. The standard InChI is InChI=1S/C17H17ClN2O4/c1-11(13-6-4-5-7-16(13)24-3)19(2)17(21)14-9-8-12(18)10-15(14)20(22)23/h4-11H,1-3H3. The topological polar surface area (TPSA) is 72.7 Å². The van der Waals surface area contributed by atoms with Crippen molar-refractivity contribution in [1.29, 1.82) is 0 Å². The number of benzene rings is 2.